The molecule has 2 N–H and O–H groups in total. The number of nitrogens with one attached hydrogen (secondary N) is 2. The van der Waals surface area contributed by atoms with E-state index in [1.165, 1.54) is 13.2 Å². The summed E-state index contributed by atoms with van der Waals surface area (Å²) in [5.41, 5.74) is 0. The SMILES string of the molecule is C/C=C\C=N/CN/C(=C\C=N)OC. The summed E-state index contributed by atoms with van der Waals surface area (Å²) >= 11 is 0. The molecule has 0 spiro atoms. The fourth-order valence-electron chi connectivity index (χ4n) is 0.598. The summed E-state index contributed by atoms with van der Waals surface area (Å²) in [4.78, 5) is 4.01. The van der Waals surface area contributed by atoms with Crippen molar-refractivity contribution >= 4 is 12.4 Å². The molecule has 0 aliphatic heterocycles. The van der Waals surface area contributed by atoms with E-state index in [2.05, 4.69) is 10.3 Å². The summed E-state index contributed by atoms with van der Waals surface area (Å²) in [7, 11) is 1.54. The van der Waals surface area contributed by atoms with Crippen LogP contribution in [0.15, 0.2) is 29.1 Å². The van der Waals surface area contributed by atoms with Crippen LogP contribution in [0.5, 0.6) is 0 Å². The molecule has 0 aromatic rings. The van der Waals surface area contributed by atoms with Crippen LogP contribution in [0.2, 0.25) is 0 Å². The van der Waals surface area contributed by atoms with Gasteiger partial charge in [0.15, 0.2) is 5.88 Å². The number of hydrogen-bond acceptors (Lipinski definition) is 4. The van der Waals surface area contributed by atoms with Crippen molar-refractivity contribution in [3.8, 4) is 0 Å². The van der Waals surface area contributed by atoms with Crippen LogP contribution in [0.25, 0.3) is 0 Å². The predicted octanol–water partition coefficient (Wildman–Crippen LogP) is 1.32. The van der Waals surface area contributed by atoms with Crippen molar-refractivity contribution in [3.05, 3.63) is 24.1 Å². The van der Waals surface area contributed by atoms with E-state index in [0.29, 0.717) is 12.6 Å². The van der Waals surface area contributed by atoms with Gasteiger partial charge in [0.2, 0.25) is 0 Å². The van der Waals surface area contributed by atoms with E-state index in [1.54, 1.807) is 6.21 Å². The summed E-state index contributed by atoms with van der Waals surface area (Å²) in [6.07, 6.45) is 8.11. The Hall–Kier alpha value is -1.58. The van der Waals surface area contributed by atoms with Crippen molar-refractivity contribution in [1.82, 2.24) is 5.32 Å². The third kappa shape index (κ3) is 6.80. The minimum Gasteiger partial charge on any atom is -0.482 e. The lowest BCUT2D eigenvalue weighted by atomic mass is 10.6. The highest BCUT2D eigenvalue weighted by Crippen LogP contribution is 1.86. The van der Waals surface area contributed by atoms with E-state index in [-0.39, 0.29) is 0 Å². The monoisotopic (exact) mass is 181 g/mol. The number of nitrogens with zero attached hydrogens (tertiary/aromatic N) is 1. The molecule has 0 aliphatic rings. The zero-order valence-corrected chi connectivity index (χ0v) is 7.95. The molecule has 0 atom stereocenters. The van der Waals surface area contributed by atoms with E-state index in [4.69, 9.17) is 10.1 Å². The number of allylic oxidation sites excluding steroid dienone is 3. The topological polar surface area (TPSA) is 57.5 Å². The van der Waals surface area contributed by atoms with Gasteiger partial charge in [-0.15, -0.1) is 0 Å². The molecule has 0 unspecified atom stereocenters. The highest BCUT2D eigenvalue weighted by Gasteiger charge is 1.88. The van der Waals surface area contributed by atoms with Crippen LogP contribution in [-0.4, -0.2) is 26.2 Å². The van der Waals surface area contributed by atoms with Gasteiger partial charge < -0.3 is 15.5 Å². The van der Waals surface area contributed by atoms with Crippen molar-refractivity contribution in [2.24, 2.45) is 4.99 Å². The van der Waals surface area contributed by atoms with Crippen LogP contribution in [0, 0.1) is 5.41 Å². The number of rotatable bonds is 6. The fourth-order valence-corrected chi connectivity index (χ4v) is 0.598. The van der Waals surface area contributed by atoms with Crippen LogP contribution in [0.4, 0.5) is 0 Å². The second-order valence-corrected chi connectivity index (χ2v) is 2.09. The molecule has 0 saturated carbocycles. The summed E-state index contributed by atoms with van der Waals surface area (Å²) < 4.78 is 4.90. The van der Waals surface area contributed by atoms with Gasteiger partial charge in [0.25, 0.3) is 0 Å². The molecular formula is C9H15N3O. The van der Waals surface area contributed by atoms with Gasteiger partial charge in [0.05, 0.1) is 7.11 Å². The molecule has 4 nitrogen and oxygen atoms in total. The molecule has 0 fully saturated rings. The lowest BCUT2D eigenvalue weighted by Gasteiger charge is -2.04. The molecule has 0 rings (SSSR count). The Morgan fingerprint density at radius 2 is 2.38 bits per heavy atom. The highest BCUT2D eigenvalue weighted by atomic mass is 16.5. The Morgan fingerprint density at radius 1 is 1.62 bits per heavy atom. The van der Waals surface area contributed by atoms with Gasteiger partial charge in [-0.25, -0.2) is 0 Å². The lowest BCUT2D eigenvalue weighted by molar-refractivity contribution is 0.263. The molecule has 0 aliphatic carbocycles. The smallest absolute Gasteiger partial charge is 0.189 e. The maximum atomic E-state index is 6.81. The molecule has 0 radical (unpaired) electrons. The minimum absolute atomic E-state index is 0.442. The molecule has 0 bridgehead atoms. The maximum absolute atomic E-state index is 6.81. The molecule has 13 heavy (non-hydrogen) atoms. The first kappa shape index (κ1) is 11.4. The van der Waals surface area contributed by atoms with E-state index in [9.17, 15) is 0 Å². The molecule has 72 valence electrons. The van der Waals surface area contributed by atoms with E-state index in [1.807, 2.05) is 19.1 Å². The Labute approximate surface area is 78.5 Å². The van der Waals surface area contributed by atoms with E-state index >= 15 is 0 Å². The van der Waals surface area contributed by atoms with Crippen molar-refractivity contribution < 1.29 is 4.74 Å². The maximum Gasteiger partial charge on any atom is 0.189 e. The van der Waals surface area contributed by atoms with Crippen LogP contribution in [0.1, 0.15) is 6.92 Å². The number of ether oxygens (including phenoxy) is 1. The summed E-state index contributed by atoms with van der Waals surface area (Å²) in [5, 5.41) is 9.70. The average molecular weight is 181 g/mol. The first-order chi connectivity index (χ1) is 6.35. The Balaban J connectivity index is 3.73. The molecule has 0 heterocycles. The standard InChI is InChI=1S/C9H15N3O/c1-3-4-7-11-8-12-9(13-2)5-6-10/h3-7,10,12H,8H2,1-2H3/b4-3-,9-5+,10-6?,11-7-. The van der Waals surface area contributed by atoms with Crippen LogP contribution in [0.3, 0.4) is 0 Å². The summed E-state index contributed by atoms with van der Waals surface area (Å²) in [6.45, 7) is 2.37. The van der Waals surface area contributed by atoms with Gasteiger partial charge in [0, 0.05) is 18.5 Å². The number of aliphatic imine (C=N–C) groups is 1. The molecule has 0 aromatic heterocycles. The van der Waals surface area contributed by atoms with Crippen LogP contribution < -0.4 is 5.32 Å². The van der Waals surface area contributed by atoms with Crippen molar-refractivity contribution in [1.29, 1.82) is 5.41 Å². The Kier molecular flexibility index (Phi) is 7.48. The first-order valence-electron chi connectivity index (χ1n) is 3.95. The summed E-state index contributed by atoms with van der Waals surface area (Å²) in [5.74, 6) is 0.535. The van der Waals surface area contributed by atoms with Gasteiger partial charge in [-0.1, -0.05) is 6.08 Å². The van der Waals surface area contributed by atoms with Crippen LogP contribution >= 0.6 is 0 Å². The van der Waals surface area contributed by atoms with Gasteiger partial charge in [0.1, 0.15) is 6.67 Å². The molecule has 4 heteroatoms. The minimum atomic E-state index is 0.442. The second kappa shape index (κ2) is 8.52. The second-order valence-electron chi connectivity index (χ2n) is 2.09. The van der Waals surface area contributed by atoms with Crippen LogP contribution in [-0.2, 0) is 4.74 Å². The largest absolute Gasteiger partial charge is 0.482 e. The number of methoxy groups -OCH3 is 1. The lowest BCUT2D eigenvalue weighted by Crippen LogP contribution is -2.14. The highest BCUT2D eigenvalue weighted by molar-refractivity contribution is 5.70. The first-order valence-corrected chi connectivity index (χ1v) is 3.95. The van der Waals surface area contributed by atoms with E-state index in [0.717, 1.165) is 6.21 Å². The van der Waals surface area contributed by atoms with Gasteiger partial charge in [-0.3, -0.25) is 4.99 Å². The molecule has 0 aromatic carbocycles. The third-order valence-corrected chi connectivity index (χ3v) is 1.18. The zero-order chi connectivity index (χ0) is 9.94. The fraction of sp³-hybridized carbons (Fsp3) is 0.333. The van der Waals surface area contributed by atoms with Crippen molar-refractivity contribution in [3.63, 3.8) is 0 Å². The Morgan fingerprint density at radius 3 is 2.92 bits per heavy atom. The normalized spacial score (nSPS) is 12.3. The van der Waals surface area contributed by atoms with Crippen molar-refractivity contribution in [2.75, 3.05) is 13.8 Å². The number of hydrogen-bond donors (Lipinski definition) is 2. The predicted molar refractivity (Wildman–Crippen MR) is 55.2 cm³/mol. The van der Waals surface area contributed by atoms with Gasteiger partial charge in [-0.2, -0.15) is 0 Å². The zero-order valence-electron chi connectivity index (χ0n) is 7.95. The molecule has 0 saturated heterocycles. The van der Waals surface area contributed by atoms with Gasteiger partial charge >= 0.3 is 0 Å². The summed E-state index contributed by atoms with van der Waals surface area (Å²) in [6, 6.07) is 0. The van der Waals surface area contributed by atoms with Gasteiger partial charge in [-0.05, 0) is 13.0 Å². The average Bonchev–Trinajstić information content (AvgIpc) is 2.16. The molecule has 0 amide bonds. The Bertz CT molecular complexity index is 219. The van der Waals surface area contributed by atoms with E-state index < -0.39 is 0 Å². The molecular weight excluding hydrogens is 166 g/mol. The third-order valence-electron chi connectivity index (χ3n) is 1.18. The van der Waals surface area contributed by atoms with Crippen molar-refractivity contribution in [2.45, 2.75) is 6.92 Å². The quantitative estimate of drug-likeness (QED) is 0.479.